The topological polar surface area (TPSA) is 20.2 Å². The lowest BCUT2D eigenvalue weighted by molar-refractivity contribution is 0.154. The average Bonchev–Trinajstić information content (AvgIpc) is 2.38. The maximum Gasteiger partial charge on any atom is 0.0656 e. The highest BCUT2D eigenvalue weighted by Crippen LogP contribution is 2.17. The molecular formula is C16H34OS. The Balaban J connectivity index is 3.26. The normalized spacial score (nSPS) is 14.7. The van der Waals surface area contributed by atoms with Gasteiger partial charge in [0.15, 0.2) is 0 Å². The standard InChI is InChI=1S/C16H34OS/c1-3-5-7-8-9-10-11-12-14-16(18)15(17)13-6-4-2/h15-18H,3-14H2,1-2H3. The number of thiol groups is 1. The molecule has 2 unspecified atom stereocenters. The zero-order valence-corrected chi connectivity index (χ0v) is 13.4. The summed E-state index contributed by atoms with van der Waals surface area (Å²) in [6.07, 6.45) is 14.9. The van der Waals surface area contributed by atoms with Crippen molar-refractivity contribution in [2.75, 3.05) is 0 Å². The Hall–Kier alpha value is 0.310. The highest BCUT2D eigenvalue weighted by Gasteiger charge is 2.13. The third kappa shape index (κ3) is 11.4. The van der Waals surface area contributed by atoms with Gasteiger partial charge in [0.2, 0.25) is 0 Å². The maximum atomic E-state index is 9.87. The van der Waals surface area contributed by atoms with Crippen molar-refractivity contribution < 1.29 is 5.11 Å². The molecule has 0 saturated carbocycles. The van der Waals surface area contributed by atoms with Crippen LogP contribution < -0.4 is 0 Å². The molecule has 18 heavy (non-hydrogen) atoms. The van der Waals surface area contributed by atoms with Crippen LogP contribution in [0.5, 0.6) is 0 Å². The molecule has 0 aliphatic rings. The number of aliphatic hydroxyl groups is 1. The highest BCUT2D eigenvalue weighted by atomic mass is 32.1. The van der Waals surface area contributed by atoms with Crippen molar-refractivity contribution in [2.45, 2.75) is 102 Å². The number of hydrogen-bond acceptors (Lipinski definition) is 2. The summed E-state index contributed by atoms with van der Waals surface area (Å²) in [5.41, 5.74) is 0. The van der Waals surface area contributed by atoms with E-state index in [1.54, 1.807) is 0 Å². The van der Waals surface area contributed by atoms with Crippen LogP contribution in [0.15, 0.2) is 0 Å². The average molecular weight is 275 g/mol. The van der Waals surface area contributed by atoms with Crippen LogP contribution in [0.1, 0.15) is 90.9 Å². The number of hydrogen-bond donors (Lipinski definition) is 2. The molecule has 0 aliphatic carbocycles. The van der Waals surface area contributed by atoms with Crippen molar-refractivity contribution in [3.8, 4) is 0 Å². The third-order valence-corrected chi connectivity index (χ3v) is 4.25. The van der Waals surface area contributed by atoms with E-state index in [-0.39, 0.29) is 11.4 Å². The molecule has 0 aromatic carbocycles. The van der Waals surface area contributed by atoms with E-state index in [1.807, 2.05) is 0 Å². The fourth-order valence-electron chi connectivity index (χ4n) is 2.29. The van der Waals surface area contributed by atoms with Crippen LogP contribution in [0.2, 0.25) is 0 Å². The molecule has 0 aliphatic heterocycles. The second kappa shape index (κ2) is 13.7. The van der Waals surface area contributed by atoms with E-state index in [0.29, 0.717) is 0 Å². The van der Waals surface area contributed by atoms with Crippen molar-refractivity contribution >= 4 is 12.6 Å². The molecule has 1 N–H and O–H groups in total. The number of rotatable bonds is 13. The Bertz CT molecular complexity index is 161. The predicted molar refractivity (Wildman–Crippen MR) is 85.5 cm³/mol. The lowest BCUT2D eigenvalue weighted by Gasteiger charge is -2.17. The summed E-state index contributed by atoms with van der Waals surface area (Å²) in [7, 11) is 0. The first-order chi connectivity index (χ1) is 8.72. The van der Waals surface area contributed by atoms with E-state index in [9.17, 15) is 5.11 Å². The zero-order chi connectivity index (χ0) is 13.6. The Morgan fingerprint density at radius 1 is 0.722 bits per heavy atom. The van der Waals surface area contributed by atoms with Gasteiger partial charge in [-0.15, -0.1) is 0 Å². The summed E-state index contributed by atoms with van der Waals surface area (Å²) < 4.78 is 0. The second-order valence-corrected chi connectivity index (χ2v) is 6.20. The zero-order valence-electron chi connectivity index (χ0n) is 12.5. The molecule has 0 fully saturated rings. The van der Waals surface area contributed by atoms with Crippen molar-refractivity contribution in [1.82, 2.24) is 0 Å². The molecule has 0 rings (SSSR count). The predicted octanol–water partition coefficient (Wildman–Crippen LogP) is 5.37. The molecule has 0 radical (unpaired) electrons. The van der Waals surface area contributed by atoms with E-state index >= 15 is 0 Å². The number of aliphatic hydroxyl groups excluding tert-OH is 1. The highest BCUT2D eigenvalue weighted by molar-refractivity contribution is 7.81. The van der Waals surface area contributed by atoms with Crippen LogP contribution in [-0.2, 0) is 0 Å². The van der Waals surface area contributed by atoms with E-state index in [4.69, 9.17) is 0 Å². The van der Waals surface area contributed by atoms with Crippen LogP contribution >= 0.6 is 12.6 Å². The quantitative estimate of drug-likeness (QED) is 0.342. The van der Waals surface area contributed by atoms with Crippen LogP contribution in [0.25, 0.3) is 0 Å². The smallest absolute Gasteiger partial charge is 0.0656 e. The molecule has 0 saturated heterocycles. The fraction of sp³-hybridized carbons (Fsp3) is 1.00. The molecule has 1 nitrogen and oxygen atoms in total. The summed E-state index contributed by atoms with van der Waals surface area (Å²) >= 11 is 4.52. The van der Waals surface area contributed by atoms with Gasteiger partial charge in [-0.25, -0.2) is 0 Å². The van der Waals surface area contributed by atoms with Gasteiger partial charge >= 0.3 is 0 Å². The van der Waals surface area contributed by atoms with Gasteiger partial charge in [0.1, 0.15) is 0 Å². The molecule has 0 spiro atoms. The number of unbranched alkanes of at least 4 members (excludes halogenated alkanes) is 8. The van der Waals surface area contributed by atoms with Crippen LogP contribution in [0, 0.1) is 0 Å². The third-order valence-electron chi connectivity index (χ3n) is 3.65. The Morgan fingerprint density at radius 2 is 1.22 bits per heavy atom. The van der Waals surface area contributed by atoms with Gasteiger partial charge in [0.05, 0.1) is 6.10 Å². The first kappa shape index (κ1) is 18.3. The first-order valence-corrected chi connectivity index (χ1v) is 8.60. The monoisotopic (exact) mass is 274 g/mol. The van der Waals surface area contributed by atoms with Gasteiger partial charge in [-0.3, -0.25) is 0 Å². The summed E-state index contributed by atoms with van der Waals surface area (Å²) in [5.74, 6) is 0. The van der Waals surface area contributed by atoms with Crippen molar-refractivity contribution in [2.24, 2.45) is 0 Å². The Labute approximate surface area is 120 Å². The molecule has 0 aromatic rings. The molecular weight excluding hydrogens is 240 g/mol. The summed E-state index contributed by atoms with van der Waals surface area (Å²) in [6.45, 7) is 4.43. The van der Waals surface area contributed by atoms with Crippen molar-refractivity contribution in [3.05, 3.63) is 0 Å². The van der Waals surface area contributed by atoms with E-state index in [1.165, 1.54) is 51.4 Å². The molecule has 0 heterocycles. The minimum atomic E-state index is -0.196. The van der Waals surface area contributed by atoms with Crippen LogP contribution in [0.4, 0.5) is 0 Å². The second-order valence-electron chi connectivity index (χ2n) is 5.54. The van der Waals surface area contributed by atoms with Gasteiger partial charge in [-0.2, -0.15) is 12.6 Å². The maximum absolute atomic E-state index is 9.87. The molecule has 0 amide bonds. The summed E-state index contributed by atoms with van der Waals surface area (Å²) in [5, 5.41) is 10.1. The molecule has 2 heteroatoms. The molecule has 0 bridgehead atoms. The largest absolute Gasteiger partial charge is 0.392 e. The van der Waals surface area contributed by atoms with Crippen molar-refractivity contribution in [3.63, 3.8) is 0 Å². The van der Waals surface area contributed by atoms with E-state index < -0.39 is 0 Å². The van der Waals surface area contributed by atoms with Gasteiger partial charge in [0.25, 0.3) is 0 Å². The Kier molecular flexibility index (Phi) is 14.0. The van der Waals surface area contributed by atoms with Gasteiger partial charge in [-0.1, -0.05) is 78.1 Å². The molecule has 2 atom stereocenters. The fourth-order valence-corrected chi connectivity index (χ4v) is 2.62. The summed E-state index contributed by atoms with van der Waals surface area (Å²) in [4.78, 5) is 0. The van der Waals surface area contributed by atoms with Crippen LogP contribution in [-0.4, -0.2) is 16.5 Å². The molecule has 0 aromatic heterocycles. The van der Waals surface area contributed by atoms with E-state index in [2.05, 4.69) is 26.5 Å². The van der Waals surface area contributed by atoms with Gasteiger partial charge < -0.3 is 5.11 Å². The summed E-state index contributed by atoms with van der Waals surface area (Å²) in [6, 6.07) is 0. The molecule has 110 valence electrons. The SMILES string of the molecule is CCCCCCCCCCC(S)C(O)CCCC. The lowest BCUT2D eigenvalue weighted by atomic mass is 10.0. The van der Waals surface area contributed by atoms with Gasteiger partial charge in [-0.05, 0) is 12.8 Å². The van der Waals surface area contributed by atoms with Crippen molar-refractivity contribution in [1.29, 1.82) is 0 Å². The minimum absolute atomic E-state index is 0.191. The Morgan fingerprint density at radius 3 is 1.78 bits per heavy atom. The van der Waals surface area contributed by atoms with E-state index in [0.717, 1.165) is 25.7 Å². The first-order valence-electron chi connectivity index (χ1n) is 8.08. The van der Waals surface area contributed by atoms with Crippen LogP contribution in [0.3, 0.4) is 0 Å². The lowest BCUT2D eigenvalue weighted by Crippen LogP contribution is -2.20. The van der Waals surface area contributed by atoms with Gasteiger partial charge in [0, 0.05) is 5.25 Å². The minimum Gasteiger partial charge on any atom is -0.392 e.